The van der Waals surface area contributed by atoms with E-state index in [4.69, 9.17) is 4.74 Å². The molecule has 2 aromatic carbocycles. The molecule has 5 heteroatoms. The third-order valence-electron chi connectivity index (χ3n) is 5.34. The SMILES string of the molecule is CCCCc1ccc(-c2ccc(CN(CC[C@H](C)C(=O)O)C(=O)OC(C)(C)C)cc2)cc1. The maximum atomic E-state index is 12.7. The predicted molar refractivity (Wildman–Crippen MR) is 129 cm³/mol. The van der Waals surface area contributed by atoms with E-state index in [2.05, 4.69) is 43.3 Å². The van der Waals surface area contributed by atoms with Gasteiger partial charge in [-0.2, -0.15) is 0 Å². The largest absolute Gasteiger partial charge is 0.481 e. The zero-order valence-corrected chi connectivity index (χ0v) is 20.1. The molecule has 1 amide bonds. The maximum absolute atomic E-state index is 12.7. The Labute approximate surface area is 192 Å². The van der Waals surface area contributed by atoms with E-state index >= 15 is 0 Å². The van der Waals surface area contributed by atoms with Crippen molar-refractivity contribution in [2.24, 2.45) is 5.92 Å². The summed E-state index contributed by atoms with van der Waals surface area (Å²) < 4.78 is 5.54. The molecule has 2 aromatic rings. The zero-order chi connectivity index (χ0) is 23.7. The molecular formula is C27H37NO4. The minimum absolute atomic E-state index is 0.323. The minimum Gasteiger partial charge on any atom is -0.481 e. The number of nitrogens with zero attached hydrogens (tertiary/aromatic N) is 1. The highest BCUT2D eigenvalue weighted by Gasteiger charge is 2.23. The number of unbranched alkanes of at least 4 members (excludes halogenated alkanes) is 1. The number of hydrogen-bond acceptors (Lipinski definition) is 3. The second-order valence-corrected chi connectivity index (χ2v) is 9.43. The summed E-state index contributed by atoms with van der Waals surface area (Å²) in [6, 6.07) is 16.8. The van der Waals surface area contributed by atoms with E-state index in [9.17, 15) is 14.7 Å². The molecule has 0 unspecified atom stereocenters. The van der Waals surface area contributed by atoms with Crippen LogP contribution in [0.1, 0.15) is 65.0 Å². The monoisotopic (exact) mass is 439 g/mol. The summed E-state index contributed by atoms with van der Waals surface area (Å²) in [4.78, 5) is 25.5. The summed E-state index contributed by atoms with van der Waals surface area (Å²) in [7, 11) is 0. The van der Waals surface area contributed by atoms with Gasteiger partial charge in [0.05, 0.1) is 5.92 Å². The molecule has 0 aliphatic carbocycles. The van der Waals surface area contributed by atoms with E-state index in [1.807, 2.05) is 32.9 Å². The summed E-state index contributed by atoms with van der Waals surface area (Å²) in [6.45, 7) is 10.0. The number of aliphatic carboxylic acids is 1. The normalized spacial score (nSPS) is 12.3. The molecule has 0 radical (unpaired) electrons. The lowest BCUT2D eigenvalue weighted by atomic mass is 10.0. The summed E-state index contributed by atoms with van der Waals surface area (Å²) in [5.41, 5.74) is 4.01. The second-order valence-electron chi connectivity index (χ2n) is 9.43. The van der Waals surface area contributed by atoms with Crippen molar-refractivity contribution in [2.45, 2.75) is 72.4 Å². The molecule has 0 aliphatic heterocycles. The van der Waals surface area contributed by atoms with Crippen LogP contribution in [0, 0.1) is 5.92 Å². The number of rotatable bonds is 10. The van der Waals surface area contributed by atoms with Crippen molar-refractivity contribution < 1.29 is 19.4 Å². The van der Waals surface area contributed by atoms with Gasteiger partial charge in [0.1, 0.15) is 5.60 Å². The standard InChI is InChI=1S/C27H37NO4/c1-6-7-8-21-9-13-23(14-10-21)24-15-11-22(12-16-24)19-28(18-17-20(2)25(29)30)26(31)32-27(3,4)5/h9-16,20H,6-8,17-19H2,1-5H3,(H,29,30)/t20-/m0/s1. The Bertz CT molecular complexity index is 866. The van der Waals surface area contributed by atoms with Gasteiger partial charge in [0, 0.05) is 13.1 Å². The van der Waals surface area contributed by atoms with Crippen molar-refractivity contribution >= 4 is 12.1 Å². The minimum atomic E-state index is -0.862. The van der Waals surface area contributed by atoms with Crippen molar-refractivity contribution in [3.8, 4) is 11.1 Å². The molecule has 174 valence electrons. The first-order valence-corrected chi connectivity index (χ1v) is 11.5. The first-order chi connectivity index (χ1) is 15.1. The number of carboxylic acid groups (broad SMARTS) is 1. The van der Waals surface area contributed by atoms with E-state index < -0.39 is 23.6 Å². The Morgan fingerprint density at radius 3 is 1.97 bits per heavy atom. The van der Waals surface area contributed by atoms with E-state index in [0.717, 1.165) is 23.1 Å². The Hall–Kier alpha value is -2.82. The Balaban J connectivity index is 2.09. The number of benzene rings is 2. The highest BCUT2D eigenvalue weighted by Crippen LogP contribution is 2.22. The van der Waals surface area contributed by atoms with Gasteiger partial charge >= 0.3 is 12.1 Å². The van der Waals surface area contributed by atoms with Crippen LogP contribution in [0.5, 0.6) is 0 Å². The van der Waals surface area contributed by atoms with E-state index in [0.29, 0.717) is 19.5 Å². The molecule has 0 aliphatic rings. The number of carbonyl (C=O) groups excluding carboxylic acids is 1. The maximum Gasteiger partial charge on any atom is 0.410 e. The van der Waals surface area contributed by atoms with Gasteiger partial charge in [-0.25, -0.2) is 4.79 Å². The van der Waals surface area contributed by atoms with Crippen LogP contribution >= 0.6 is 0 Å². The smallest absolute Gasteiger partial charge is 0.410 e. The molecule has 2 rings (SSSR count). The van der Waals surface area contributed by atoms with Gasteiger partial charge in [-0.05, 0) is 62.3 Å². The average molecular weight is 440 g/mol. The molecule has 0 aromatic heterocycles. The summed E-state index contributed by atoms with van der Waals surface area (Å²) in [5.74, 6) is -1.39. The molecule has 32 heavy (non-hydrogen) atoms. The van der Waals surface area contributed by atoms with E-state index in [1.165, 1.54) is 18.4 Å². The lowest BCUT2D eigenvalue weighted by molar-refractivity contribution is -0.141. The van der Waals surface area contributed by atoms with Gasteiger partial charge in [-0.1, -0.05) is 68.8 Å². The molecule has 0 saturated carbocycles. The number of amides is 1. The zero-order valence-electron chi connectivity index (χ0n) is 20.1. The molecule has 0 bridgehead atoms. The first kappa shape index (κ1) is 25.4. The van der Waals surface area contributed by atoms with Crippen LogP contribution in [0.15, 0.2) is 48.5 Å². The van der Waals surface area contributed by atoms with Gasteiger partial charge < -0.3 is 14.7 Å². The van der Waals surface area contributed by atoms with Crippen LogP contribution in [0.25, 0.3) is 11.1 Å². The van der Waals surface area contributed by atoms with Crippen LogP contribution in [0.3, 0.4) is 0 Å². The number of carbonyl (C=O) groups is 2. The lowest BCUT2D eigenvalue weighted by Crippen LogP contribution is -2.37. The Morgan fingerprint density at radius 1 is 0.969 bits per heavy atom. The summed E-state index contributed by atoms with van der Waals surface area (Å²) in [5, 5.41) is 9.17. The van der Waals surface area contributed by atoms with Crippen molar-refractivity contribution in [1.29, 1.82) is 0 Å². The van der Waals surface area contributed by atoms with Crippen molar-refractivity contribution in [2.75, 3.05) is 6.54 Å². The number of hydrogen-bond donors (Lipinski definition) is 1. The summed E-state index contributed by atoms with van der Waals surface area (Å²) >= 11 is 0. The van der Waals surface area contributed by atoms with Crippen LogP contribution in [-0.4, -0.2) is 34.2 Å². The van der Waals surface area contributed by atoms with Gasteiger partial charge in [-0.3, -0.25) is 4.79 Å². The van der Waals surface area contributed by atoms with Crippen LogP contribution in [0.4, 0.5) is 4.79 Å². The molecule has 1 atom stereocenters. The fourth-order valence-electron chi connectivity index (χ4n) is 3.30. The highest BCUT2D eigenvalue weighted by molar-refractivity contribution is 5.70. The van der Waals surface area contributed by atoms with Crippen LogP contribution in [0.2, 0.25) is 0 Å². The van der Waals surface area contributed by atoms with Gasteiger partial charge in [-0.15, -0.1) is 0 Å². The quantitative estimate of drug-likeness (QED) is 0.456. The van der Waals surface area contributed by atoms with Gasteiger partial charge in [0.25, 0.3) is 0 Å². The molecule has 0 saturated heterocycles. The third kappa shape index (κ3) is 8.37. The Morgan fingerprint density at radius 2 is 1.50 bits per heavy atom. The topological polar surface area (TPSA) is 66.8 Å². The molecule has 1 N–H and O–H groups in total. The van der Waals surface area contributed by atoms with Gasteiger partial charge in [0.2, 0.25) is 0 Å². The molecule has 0 spiro atoms. The predicted octanol–water partition coefficient (Wildman–Crippen LogP) is 6.54. The average Bonchev–Trinajstić information content (AvgIpc) is 2.74. The second kappa shape index (κ2) is 11.7. The van der Waals surface area contributed by atoms with Gasteiger partial charge in [0.15, 0.2) is 0 Å². The molecule has 0 heterocycles. The fourth-order valence-corrected chi connectivity index (χ4v) is 3.30. The first-order valence-electron chi connectivity index (χ1n) is 11.5. The van der Waals surface area contributed by atoms with Crippen LogP contribution < -0.4 is 0 Å². The van der Waals surface area contributed by atoms with E-state index in [-0.39, 0.29) is 0 Å². The molecule has 0 fully saturated rings. The highest BCUT2D eigenvalue weighted by atomic mass is 16.6. The van der Waals surface area contributed by atoms with Crippen molar-refractivity contribution in [3.05, 3.63) is 59.7 Å². The fraction of sp³-hybridized carbons (Fsp3) is 0.481. The number of carboxylic acids is 1. The number of ether oxygens (including phenoxy) is 1. The lowest BCUT2D eigenvalue weighted by Gasteiger charge is -2.28. The van der Waals surface area contributed by atoms with Crippen molar-refractivity contribution in [1.82, 2.24) is 4.90 Å². The molecular weight excluding hydrogens is 402 g/mol. The Kier molecular flexibility index (Phi) is 9.30. The van der Waals surface area contributed by atoms with E-state index in [1.54, 1.807) is 11.8 Å². The van der Waals surface area contributed by atoms with Crippen LogP contribution in [-0.2, 0) is 22.5 Å². The molecule has 5 nitrogen and oxygen atoms in total. The summed E-state index contributed by atoms with van der Waals surface area (Å²) in [6.07, 6.45) is 3.45. The third-order valence-corrected chi connectivity index (χ3v) is 5.34. The number of aryl methyl sites for hydroxylation is 1. The van der Waals surface area contributed by atoms with Crippen molar-refractivity contribution in [3.63, 3.8) is 0 Å².